The van der Waals surface area contributed by atoms with Gasteiger partial charge in [0, 0.05) is 27.0 Å². The molecule has 4 atom stereocenters. The lowest BCUT2D eigenvalue weighted by Gasteiger charge is -2.23. The topological polar surface area (TPSA) is 160 Å². The molecule has 13 heteroatoms. The molecule has 0 aliphatic carbocycles. The summed E-state index contributed by atoms with van der Waals surface area (Å²) in [6, 6.07) is 1.74. The summed E-state index contributed by atoms with van der Waals surface area (Å²) in [6.45, 7) is 3.49. The standard InChI is InChI=1S/C19H20N6O7/c1-9(26)29-6-13-16(30-10(2)27)17(31-11(3)28)19(32-13)25-8-22-15-14(12-4-5-23-24-12)20-7-21-18(15)25/h4-5,7-8,13,16-17,19H,6H2,1-3H3,(H,23,24)/t13-,16-,17-,19-/m1/s1. The third kappa shape index (κ3) is 4.14. The Morgan fingerprint density at radius 2 is 1.81 bits per heavy atom. The first-order valence-corrected chi connectivity index (χ1v) is 9.65. The van der Waals surface area contributed by atoms with E-state index in [-0.39, 0.29) is 6.61 Å². The van der Waals surface area contributed by atoms with Crippen LogP contribution in [0.5, 0.6) is 0 Å². The summed E-state index contributed by atoms with van der Waals surface area (Å²) in [6.07, 6.45) is 0.487. The summed E-state index contributed by atoms with van der Waals surface area (Å²) in [7, 11) is 0. The number of aromatic nitrogens is 6. The molecular weight excluding hydrogens is 424 g/mol. The first-order valence-electron chi connectivity index (χ1n) is 9.65. The van der Waals surface area contributed by atoms with E-state index < -0.39 is 42.4 Å². The van der Waals surface area contributed by atoms with Gasteiger partial charge in [0.1, 0.15) is 30.2 Å². The zero-order valence-corrected chi connectivity index (χ0v) is 17.4. The normalized spacial score (nSPS) is 22.6. The Morgan fingerprint density at radius 3 is 2.47 bits per heavy atom. The lowest BCUT2D eigenvalue weighted by atomic mass is 10.1. The van der Waals surface area contributed by atoms with E-state index in [4.69, 9.17) is 18.9 Å². The lowest BCUT2D eigenvalue weighted by molar-refractivity contribution is -0.166. The summed E-state index contributed by atoms with van der Waals surface area (Å²) >= 11 is 0. The molecule has 0 aromatic carbocycles. The van der Waals surface area contributed by atoms with Gasteiger partial charge in [-0.05, 0) is 6.07 Å². The van der Waals surface area contributed by atoms with Crippen LogP contribution in [0.2, 0.25) is 0 Å². The molecule has 0 amide bonds. The van der Waals surface area contributed by atoms with Crippen molar-refractivity contribution in [2.24, 2.45) is 0 Å². The third-order valence-electron chi connectivity index (χ3n) is 4.73. The molecule has 3 aromatic heterocycles. The number of imidazole rings is 1. The van der Waals surface area contributed by atoms with Crippen LogP contribution in [0.25, 0.3) is 22.6 Å². The second kappa shape index (κ2) is 8.70. The molecule has 1 aliphatic rings. The van der Waals surface area contributed by atoms with Gasteiger partial charge in [0.2, 0.25) is 0 Å². The van der Waals surface area contributed by atoms with Crippen molar-refractivity contribution in [1.29, 1.82) is 0 Å². The van der Waals surface area contributed by atoms with Crippen molar-refractivity contribution in [3.05, 3.63) is 24.9 Å². The second-order valence-corrected chi connectivity index (χ2v) is 7.03. The Kier molecular flexibility index (Phi) is 5.81. The van der Waals surface area contributed by atoms with Crippen molar-refractivity contribution in [2.45, 2.75) is 45.3 Å². The van der Waals surface area contributed by atoms with Gasteiger partial charge in [0.15, 0.2) is 24.1 Å². The largest absolute Gasteiger partial charge is 0.463 e. The van der Waals surface area contributed by atoms with E-state index in [1.54, 1.807) is 16.8 Å². The fraction of sp³-hybridized carbons (Fsp3) is 0.421. The van der Waals surface area contributed by atoms with Crippen LogP contribution in [0.15, 0.2) is 24.9 Å². The molecule has 1 fully saturated rings. The summed E-state index contributed by atoms with van der Waals surface area (Å²) in [4.78, 5) is 47.8. The molecule has 1 saturated heterocycles. The maximum atomic E-state index is 11.8. The van der Waals surface area contributed by atoms with Gasteiger partial charge in [-0.15, -0.1) is 0 Å². The van der Waals surface area contributed by atoms with Crippen LogP contribution in [0, 0.1) is 0 Å². The number of ether oxygens (including phenoxy) is 4. The number of esters is 3. The Labute approximate surface area is 181 Å². The average molecular weight is 444 g/mol. The molecule has 0 radical (unpaired) electrons. The van der Waals surface area contributed by atoms with Crippen LogP contribution in [0.3, 0.4) is 0 Å². The monoisotopic (exact) mass is 444 g/mol. The number of nitrogens with one attached hydrogen (secondary N) is 1. The van der Waals surface area contributed by atoms with E-state index in [0.29, 0.717) is 22.6 Å². The molecule has 3 aromatic rings. The highest BCUT2D eigenvalue weighted by Crippen LogP contribution is 2.36. The number of carbonyl (C=O) groups excluding carboxylic acids is 3. The van der Waals surface area contributed by atoms with E-state index >= 15 is 0 Å². The smallest absolute Gasteiger partial charge is 0.303 e. The number of nitrogens with zero attached hydrogens (tertiary/aromatic N) is 5. The fourth-order valence-electron chi connectivity index (χ4n) is 3.54. The predicted octanol–water partition coefficient (Wildman–Crippen LogP) is 0.540. The number of rotatable bonds is 6. The Hall–Kier alpha value is -3.87. The van der Waals surface area contributed by atoms with Crippen molar-refractivity contribution >= 4 is 29.1 Å². The zero-order valence-electron chi connectivity index (χ0n) is 17.4. The molecule has 0 spiro atoms. The molecule has 0 saturated carbocycles. The molecule has 32 heavy (non-hydrogen) atoms. The van der Waals surface area contributed by atoms with Gasteiger partial charge < -0.3 is 18.9 Å². The van der Waals surface area contributed by atoms with Crippen LogP contribution in [-0.4, -0.2) is 72.5 Å². The number of H-pyrrole nitrogens is 1. The van der Waals surface area contributed by atoms with Gasteiger partial charge >= 0.3 is 17.9 Å². The molecule has 1 aliphatic heterocycles. The number of carbonyl (C=O) groups is 3. The predicted molar refractivity (Wildman–Crippen MR) is 105 cm³/mol. The maximum Gasteiger partial charge on any atom is 0.303 e. The van der Waals surface area contributed by atoms with Crippen molar-refractivity contribution in [3.63, 3.8) is 0 Å². The molecular formula is C19H20N6O7. The highest BCUT2D eigenvalue weighted by atomic mass is 16.7. The van der Waals surface area contributed by atoms with Crippen molar-refractivity contribution in [1.82, 2.24) is 29.7 Å². The fourth-order valence-corrected chi connectivity index (χ4v) is 3.54. The molecule has 0 unspecified atom stereocenters. The van der Waals surface area contributed by atoms with Crippen LogP contribution >= 0.6 is 0 Å². The number of aromatic amines is 1. The molecule has 13 nitrogen and oxygen atoms in total. The minimum Gasteiger partial charge on any atom is -0.463 e. The van der Waals surface area contributed by atoms with E-state index in [0.717, 1.165) is 0 Å². The highest BCUT2D eigenvalue weighted by Gasteiger charge is 2.51. The zero-order chi connectivity index (χ0) is 22.8. The van der Waals surface area contributed by atoms with Crippen molar-refractivity contribution < 1.29 is 33.3 Å². The van der Waals surface area contributed by atoms with Crippen LogP contribution < -0.4 is 0 Å². The number of hydrogen-bond donors (Lipinski definition) is 1. The minimum atomic E-state index is -1.04. The van der Waals surface area contributed by atoms with Gasteiger partial charge in [-0.25, -0.2) is 15.0 Å². The van der Waals surface area contributed by atoms with E-state index in [2.05, 4.69) is 25.1 Å². The number of fused-ring (bicyclic) bond motifs is 1. The van der Waals surface area contributed by atoms with Gasteiger partial charge in [0.25, 0.3) is 0 Å². The second-order valence-electron chi connectivity index (χ2n) is 7.03. The van der Waals surface area contributed by atoms with Crippen LogP contribution in [0.4, 0.5) is 0 Å². The summed E-state index contributed by atoms with van der Waals surface area (Å²) in [5.41, 5.74) is 1.99. The lowest BCUT2D eigenvalue weighted by Crippen LogP contribution is -2.40. The molecule has 1 N–H and O–H groups in total. The quantitative estimate of drug-likeness (QED) is 0.417. The Bertz CT molecular complexity index is 1140. The van der Waals surface area contributed by atoms with Crippen LogP contribution in [-0.2, 0) is 33.3 Å². The van der Waals surface area contributed by atoms with Crippen molar-refractivity contribution in [2.75, 3.05) is 6.61 Å². The van der Waals surface area contributed by atoms with Crippen LogP contribution in [0.1, 0.15) is 27.0 Å². The maximum absolute atomic E-state index is 11.8. The molecule has 4 rings (SSSR count). The SMILES string of the molecule is CC(=O)OC[C@H]1O[C@@H](n2cnc3c(-c4ccn[nH]4)ncnc32)[C@H](OC(C)=O)[C@@H]1OC(C)=O. The van der Waals surface area contributed by atoms with Gasteiger partial charge in [-0.2, -0.15) is 5.10 Å². The number of hydrogen-bond acceptors (Lipinski definition) is 11. The summed E-state index contributed by atoms with van der Waals surface area (Å²) < 4.78 is 23.5. The Morgan fingerprint density at radius 1 is 1.06 bits per heavy atom. The van der Waals surface area contributed by atoms with E-state index in [1.165, 1.54) is 33.4 Å². The molecule has 0 bridgehead atoms. The average Bonchev–Trinajstić information content (AvgIpc) is 3.46. The molecule has 4 heterocycles. The van der Waals surface area contributed by atoms with Crippen molar-refractivity contribution in [3.8, 4) is 11.4 Å². The van der Waals surface area contributed by atoms with Gasteiger partial charge in [-0.1, -0.05) is 0 Å². The highest BCUT2D eigenvalue weighted by molar-refractivity contribution is 5.85. The molecule has 168 valence electrons. The third-order valence-corrected chi connectivity index (χ3v) is 4.73. The first kappa shape index (κ1) is 21.4. The summed E-state index contributed by atoms with van der Waals surface area (Å²) in [5.74, 6) is -1.75. The summed E-state index contributed by atoms with van der Waals surface area (Å²) in [5, 5.41) is 6.75. The minimum absolute atomic E-state index is 0.206. The Balaban J connectivity index is 1.75. The van der Waals surface area contributed by atoms with E-state index in [1.807, 2.05) is 0 Å². The van der Waals surface area contributed by atoms with E-state index in [9.17, 15) is 14.4 Å². The van der Waals surface area contributed by atoms with Gasteiger partial charge in [0.05, 0.1) is 12.0 Å². The van der Waals surface area contributed by atoms with Gasteiger partial charge in [-0.3, -0.25) is 24.0 Å². The first-order chi connectivity index (χ1) is 15.3.